The summed E-state index contributed by atoms with van der Waals surface area (Å²) < 4.78 is 4.50. The molecule has 0 spiro atoms. The van der Waals surface area contributed by atoms with Gasteiger partial charge in [-0.3, -0.25) is 9.59 Å². The van der Waals surface area contributed by atoms with Crippen LogP contribution in [-0.2, 0) is 16.1 Å². The minimum absolute atomic E-state index is 0.149. The summed E-state index contributed by atoms with van der Waals surface area (Å²) in [6.45, 7) is 2.52. The molecule has 0 radical (unpaired) electrons. The van der Waals surface area contributed by atoms with Crippen LogP contribution in [0.3, 0.4) is 0 Å². The third kappa shape index (κ3) is 4.95. The molecule has 3 rings (SSSR count). The number of methoxy groups -OCH3 is 1. The summed E-state index contributed by atoms with van der Waals surface area (Å²) in [5.41, 5.74) is 3.51. The zero-order valence-corrected chi connectivity index (χ0v) is 16.5. The minimum Gasteiger partial charge on any atom is -0.468 e. The number of rotatable bonds is 7. The summed E-state index contributed by atoms with van der Waals surface area (Å²) in [6.07, 6.45) is 0. The Morgan fingerprint density at radius 3 is 2.46 bits per heavy atom. The Balaban J connectivity index is 1.59. The highest BCUT2D eigenvalue weighted by atomic mass is 32.1. The van der Waals surface area contributed by atoms with E-state index in [9.17, 15) is 9.59 Å². The number of carbonyl (C=O) groups excluding carboxylic acids is 2. The topological polar surface area (TPSA) is 80.3 Å². The quantitative estimate of drug-likeness (QED) is 0.597. The predicted molar refractivity (Wildman–Crippen MR) is 110 cm³/mol. The summed E-state index contributed by atoms with van der Waals surface area (Å²) in [5.74, 6) is -0.802. The zero-order valence-electron chi connectivity index (χ0n) is 15.7. The van der Waals surface area contributed by atoms with Gasteiger partial charge in [-0.05, 0) is 31.2 Å². The Labute approximate surface area is 167 Å². The van der Waals surface area contributed by atoms with Gasteiger partial charge in [0.1, 0.15) is 11.6 Å². The smallest absolute Gasteiger partial charge is 0.325 e. The van der Waals surface area contributed by atoms with Crippen molar-refractivity contribution in [1.29, 1.82) is 0 Å². The number of benzene rings is 2. The van der Waals surface area contributed by atoms with E-state index in [-0.39, 0.29) is 12.5 Å². The molecule has 0 unspecified atom stereocenters. The maximum atomic E-state index is 12.0. The lowest BCUT2D eigenvalue weighted by Crippen LogP contribution is -2.30. The fraction of sp³-hybridized carbons (Fsp3) is 0.190. The largest absolute Gasteiger partial charge is 0.468 e. The maximum Gasteiger partial charge on any atom is 0.325 e. The number of nitrogens with zero attached hydrogens (tertiary/aromatic N) is 1. The van der Waals surface area contributed by atoms with E-state index in [2.05, 4.69) is 32.5 Å². The lowest BCUT2D eigenvalue weighted by atomic mass is 10.2. The van der Waals surface area contributed by atoms with Crippen molar-refractivity contribution in [2.24, 2.45) is 0 Å². The molecule has 1 amide bonds. The highest BCUT2D eigenvalue weighted by Crippen LogP contribution is 2.28. The first-order valence-corrected chi connectivity index (χ1v) is 9.59. The Bertz CT molecular complexity index is 953. The van der Waals surface area contributed by atoms with Crippen molar-refractivity contribution in [1.82, 2.24) is 10.3 Å². The number of ether oxygens (including phenoxy) is 1. The van der Waals surface area contributed by atoms with E-state index in [4.69, 9.17) is 0 Å². The van der Waals surface area contributed by atoms with E-state index in [1.807, 2.05) is 37.3 Å². The van der Waals surface area contributed by atoms with E-state index in [1.54, 1.807) is 23.5 Å². The molecule has 7 heteroatoms. The van der Waals surface area contributed by atoms with Crippen LogP contribution < -0.4 is 10.6 Å². The monoisotopic (exact) mass is 395 g/mol. The van der Waals surface area contributed by atoms with E-state index < -0.39 is 5.97 Å². The minimum atomic E-state index is -0.485. The number of hydrogen-bond donors (Lipinski definition) is 2. The van der Waals surface area contributed by atoms with Crippen molar-refractivity contribution in [2.45, 2.75) is 13.5 Å². The second-order valence-electron chi connectivity index (χ2n) is 6.08. The number of esters is 1. The average Bonchev–Trinajstić information content (AvgIpc) is 3.11. The van der Waals surface area contributed by atoms with Gasteiger partial charge in [0.25, 0.3) is 5.91 Å². The molecule has 0 saturated heterocycles. The molecule has 0 aliphatic carbocycles. The van der Waals surface area contributed by atoms with Crippen LogP contribution in [0.4, 0.5) is 5.69 Å². The lowest BCUT2D eigenvalue weighted by Gasteiger charge is -2.07. The average molecular weight is 395 g/mol. The molecule has 2 N–H and O–H groups in total. The van der Waals surface area contributed by atoms with Crippen LogP contribution in [0.15, 0.2) is 54.6 Å². The van der Waals surface area contributed by atoms with Gasteiger partial charge in [0.05, 0.1) is 19.3 Å². The van der Waals surface area contributed by atoms with Crippen LogP contribution >= 0.6 is 11.3 Å². The Kier molecular flexibility index (Phi) is 6.39. The number of aromatic nitrogens is 1. The predicted octanol–water partition coefficient (Wildman–Crippen LogP) is 3.63. The second kappa shape index (κ2) is 9.14. The van der Waals surface area contributed by atoms with Crippen molar-refractivity contribution >= 4 is 28.9 Å². The summed E-state index contributed by atoms with van der Waals surface area (Å²) >= 11 is 1.67. The molecule has 144 valence electrons. The first-order valence-electron chi connectivity index (χ1n) is 8.77. The van der Waals surface area contributed by atoms with Gasteiger partial charge in [0.15, 0.2) is 0 Å². The molecule has 1 heterocycles. The van der Waals surface area contributed by atoms with Gasteiger partial charge < -0.3 is 15.4 Å². The highest BCUT2D eigenvalue weighted by Gasteiger charge is 2.10. The molecule has 0 aliphatic rings. The number of thiazole rings is 1. The second-order valence-corrected chi connectivity index (χ2v) is 7.17. The van der Waals surface area contributed by atoms with Crippen LogP contribution in [0.2, 0.25) is 0 Å². The molecule has 0 atom stereocenters. The number of carbonyl (C=O) groups is 2. The van der Waals surface area contributed by atoms with Gasteiger partial charge in [-0.15, -0.1) is 11.3 Å². The lowest BCUT2D eigenvalue weighted by molar-refractivity contribution is -0.139. The van der Waals surface area contributed by atoms with Crippen molar-refractivity contribution < 1.29 is 14.3 Å². The molecule has 3 aromatic rings. The number of nitrogens with one attached hydrogen (secondary N) is 2. The summed E-state index contributed by atoms with van der Waals surface area (Å²) in [5, 5.41) is 6.88. The first kappa shape index (κ1) is 19.6. The van der Waals surface area contributed by atoms with Crippen molar-refractivity contribution in [3.63, 3.8) is 0 Å². The van der Waals surface area contributed by atoms with Crippen molar-refractivity contribution in [3.05, 3.63) is 70.7 Å². The normalized spacial score (nSPS) is 10.4. The van der Waals surface area contributed by atoms with Crippen molar-refractivity contribution in [3.8, 4) is 10.6 Å². The SMILES string of the molecule is COC(=O)CNC(=O)c1ccc(NCc2sc(-c3ccccc3)nc2C)cc1. The molecule has 2 aromatic carbocycles. The zero-order chi connectivity index (χ0) is 19.9. The van der Waals surface area contributed by atoms with Crippen LogP contribution in [0.5, 0.6) is 0 Å². The Morgan fingerprint density at radius 2 is 1.79 bits per heavy atom. The van der Waals surface area contributed by atoms with Crippen LogP contribution in [-0.4, -0.2) is 30.5 Å². The Hall–Kier alpha value is -3.19. The number of amides is 1. The molecule has 0 fully saturated rings. The molecular formula is C21H21N3O3S. The van der Waals surface area contributed by atoms with Gasteiger partial charge in [0.2, 0.25) is 0 Å². The Morgan fingerprint density at radius 1 is 1.07 bits per heavy atom. The van der Waals surface area contributed by atoms with Gasteiger partial charge in [-0.25, -0.2) is 4.98 Å². The molecule has 0 aliphatic heterocycles. The van der Waals surface area contributed by atoms with Gasteiger partial charge in [-0.1, -0.05) is 30.3 Å². The number of aryl methyl sites for hydroxylation is 1. The number of hydrogen-bond acceptors (Lipinski definition) is 6. The fourth-order valence-corrected chi connectivity index (χ4v) is 3.55. The van der Waals surface area contributed by atoms with Gasteiger partial charge in [0, 0.05) is 21.7 Å². The summed E-state index contributed by atoms with van der Waals surface area (Å²) in [4.78, 5) is 28.9. The van der Waals surface area contributed by atoms with Crippen LogP contribution in [0.1, 0.15) is 20.9 Å². The number of anilines is 1. The molecule has 6 nitrogen and oxygen atoms in total. The third-order valence-electron chi connectivity index (χ3n) is 4.13. The highest BCUT2D eigenvalue weighted by molar-refractivity contribution is 7.15. The van der Waals surface area contributed by atoms with Gasteiger partial charge >= 0.3 is 5.97 Å². The van der Waals surface area contributed by atoms with Crippen LogP contribution in [0, 0.1) is 6.92 Å². The van der Waals surface area contributed by atoms with E-state index in [0.29, 0.717) is 12.1 Å². The summed E-state index contributed by atoms with van der Waals surface area (Å²) in [7, 11) is 1.28. The molecule has 28 heavy (non-hydrogen) atoms. The fourth-order valence-electron chi connectivity index (χ4n) is 2.54. The maximum absolute atomic E-state index is 12.0. The standard InChI is InChI=1S/C21H21N3O3S/c1-14-18(28-21(24-14)16-6-4-3-5-7-16)12-22-17-10-8-15(9-11-17)20(26)23-13-19(25)27-2/h3-11,22H,12-13H2,1-2H3,(H,23,26). The molecular weight excluding hydrogens is 374 g/mol. The third-order valence-corrected chi connectivity index (χ3v) is 5.34. The van der Waals surface area contributed by atoms with E-state index in [1.165, 1.54) is 12.0 Å². The van der Waals surface area contributed by atoms with E-state index in [0.717, 1.165) is 22.0 Å². The van der Waals surface area contributed by atoms with Crippen LogP contribution in [0.25, 0.3) is 10.6 Å². The molecule has 0 saturated carbocycles. The molecule has 0 bridgehead atoms. The first-order chi connectivity index (χ1) is 13.6. The summed E-state index contributed by atoms with van der Waals surface area (Å²) in [6, 6.07) is 17.2. The van der Waals surface area contributed by atoms with Gasteiger partial charge in [-0.2, -0.15) is 0 Å². The van der Waals surface area contributed by atoms with Crippen molar-refractivity contribution in [2.75, 3.05) is 19.0 Å². The molecule has 1 aromatic heterocycles. The van der Waals surface area contributed by atoms with E-state index >= 15 is 0 Å².